The lowest BCUT2D eigenvalue weighted by Gasteiger charge is -2.27. The summed E-state index contributed by atoms with van der Waals surface area (Å²) in [4.78, 5) is 77.9. The summed E-state index contributed by atoms with van der Waals surface area (Å²) in [5.41, 5.74) is 0.336. The molecule has 350 valence electrons. The van der Waals surface area contributed by atoms with E-state index in [1.165, 1.54) is 37.5 Å². The van der Waals surface area contributed by atoms with Crippen molar-refractivity contribution < 1.29 is 75.1 Å². The van der Waals surface area contributed by atoms with Crippen LogP contribution >= 0.6 is 11.8 Å². The van der Waals surface area contributed by atoms with Crippen LogP contribution in [0.2, 0.25) is 0 Å². The number of rotatable bonds is 24. The number of thioether (sulfide) groups is 1. The number of amides is 6. The molecule has 17 nitrogen and oxygen atoms in total. The van der Waals surface area contributed by atoms with Crippen molar-refractivity contribution in [3.63, 3.8) is 0 Å². The number of alkyl halides is 3. The van der Waals surface area contributed by atoms with E-state index in [-0.39, 0.29) is 72.3 Å². The van der Waals surface area contributed by atoms with Gasteiger partial charge >= 0.3 is 6.18 Å². The number of halogens is 3. The molecular formula is C45H45F3N4O13S. The van der Waals surface area contributed by atoms with Crippen LogP contribution in [0.25, 0.3) is 6.08 Å². The highest BCUT2D eigenvalue weighted by molar-refractivity contribution is 8.18. The van der Waals surface area contributed by atoms with Gasteiger partial charge in [0.2, 0.25) is 11.8 Å². The maximum Gasteiger partial charge on any atom is 0.420 e. The van der Waals surface area contributed by atoms with E-state index in [1.54, 1.807) is 24.3 Å². The molecule has 0 aliphatic carbocycles. The van der Waals surface area contributed by atoms with Crippen LogP contribution in [0.4, 0.5) is 18.0 Å². The summed E-state index contributed by atoms with van der Waals surface area (Å²) in [5, 5.41) is 10.7. The minimum Gasteiger partial charge on any atom is -0.493 e. The summed E-state index contributed by atoms with van der Waals surface area (Å²) in [5.74, 6) is -3.18. The van der Waals surface area contributed by atoms with E-state index in [4.69, 9.17) is 38.4 Å². The van der Waals surface area contributed by atoms with Gasteiger partial charge in [0.25, 0.3) is 23.0 Å². The lowest BCUT2D eigenvalue weighted by atomic mass is 9.99. The molecule has 3 aliphatic heterocycles. The fourth-order valence-electron chi connectivity index (χ4n) is 7.03. The number of piperidine rings is 1. The summed E-state index contributed by atoms with van der Waals surface area (Å²) in [6.07, 6.45) is -2.11. The topological polar surface area (TPSA) is 209 Å². The SMILES string of the molecule is COc1cc(/C=C2\SC(=O)N(CCOCCOCCOCCOCCOCCCc3cccc4c3C(=O)N(C3CCC(=O)NC3=O)C4=O)C2=O)ccc1Oc1ccc(C#N)cc1C(F)(F)F. The Labute approximate surface area is 381 Å². The quantitative estimate of drug-likeness (QED) is 0.0665. The Hall–Kier alpha value is -6.15. The van der Waals surface area contributed by atoms with E-state index in [0.29, 0.717) is 76.3 Å². The molecule has 0 aromatic heterocycles. The van der Waals surface area contributed by atoms with Crippen molar-refractivity contribution in [1.29, 1.82) is 5.26 Å². The van der Waals surface area contributed by atoms with Crippen molar-refractivity contribution in [2.75, 3.05) is 79.7 Å². The number of benzene rings is 3. The number of hydrogen-bond donors (Lipinski definition) is 1. The van der Waals surface area contributed by atoms with Gasteiger partial charge in [-0.15, -0.1) is 0 Å². The van der Waals surface area contributed by atoms with Crippen molar-refractivity contribution in [3.8, 4) is 23.3 Å². The number of nitriles is 1. The van der Waals surface area contributed by atoms with Crippen LogP contribution in [-0.2, 0) is 50.7 Å². The van der Waals surface area contributed by atoms with Gasteiger partial charge in [-0.1, -0.05) is 18.2 Å². The van der Waals surface area contributed by atoms with Gasteiger partial charge in [-0.2, -0.15) is 18.4 Å². The predicted molar refractivity (Wildman–Crippen MR) is 227 cm³/mol. The number of methoxy groups -OCH3 is 1. The van der Waals surface area contributed by atoms with Gasteiger partial charge in [0, 0.05) is 13.0 Å². The van der Waals surface area contributed by atoms with Crippen molar-refractivity contribution in [3.05, 3.63) is 92.9 Å². The molecule has 6 rings (SSSR count). The number of fused-ring (bicyclic) bond motifs is 1. The molecule has 3 aromatic rings. The number of aryl methyl sites for hydroxylation is 1. The Bertz CT molecular complexity index is 2390. The zero-order valence-electron chi connectivity index (χ0n) is 35.6. The Morgan fingerprint density at radius 1 is 0.788 bits per heavy atom. The first-order chi connectivity index (χ1) is 31.8. The lowest BCUT2D eigenvalue weighted by molar-refractivity contribution is -0.139. The second-order valence-electron chi connectivity index (χ2n) is 14.6. The third-order valence-corrected chi connectivity index (χ3v) is 11.1. The summed E-state index contributed by atoms with van der Waals surface area (Å²) < 4.78 is 79.5. The highest BCUT2D eigenvalue weighted by Crippen LogP contribution is 2.42. The average molecular weight is 939 g/mol. The molecule has 2 fully saturated rings. The molecule has 3 aromatic carbocycles. The normalized spacial score (nSPS) is 16.9. The number of hydrogen-bond acceptors (Lipinski definition) is 15. The Morgan fingerprint density at radius 3 is 2.08 bits per heavy atom. The first-order valence-electron chi connectivity index (χ1n) is 20.8. The molecule has 1 N–H and O–H groups in total. The second-order valence-corrected chi connectivity index (χ2v) is 15.6. The number of carbonyl (C=O) groups excluding carboxylic acids is 6. The molecule has 0 spiro atoms. The highest BCUT2D eigenvalue weighted by atomic mass is 32.2. The maximum absolute atomic E-state index is 13.6. The van der Waals surface area contributed by atoms with E-state index < -0.39 is 58.3 Å². The van der Waals surface area contributed by atoms with Gasteiger partial charge < -0.3 is 33.2 Å². The molecular weight excluding hydrogens is 894 g/mol. The van der Waals surface area contributed by atoms with E-state index in [2.05, 4.69) is 5.32 Å². The predicted octanol–water partition coefficient (Wildman–Crippen LogP) is 5.53. The number of nitrogens with one attached hydrogen (secondary N) is 1. The zero-order chi connectivity index (χ0) is 47.2. The standard InChI is InChI=1S/C45H45F3N4O13S/c1-59-36-25-28(7-11-35(36)65-34-10-8-29(27-49)24-32(34)45(46,47)48)26-37-42(56)51(44(58)66-37)13-15-61-17-19-63-21-23-64-22-20-62-18-16-60-14-3-5-30-4-2-6-31-39(30)43(57)52(41(31)55)33-9-12-38(53)50-40(33)54/h2,4,6-8,10-11,24-26,33H,3,5,9,12-23H2,1H3,(H,50,53,54)/b37-26-. The molecule has 0 bridgehead atoms. The van der Waals surface area contributed by atoms with Crippen molar-refractivity contribution in [1.82, 2.24) is 15.1 Å². The molecule has 21 heteroatoms. The average Bonchev–Trinajstić information content (AvgIpc) is 3.71. The van der Waals surface area contributed by atoms with Gasteiger partial charge in [-0.3, -0.25) is 43.9 Å². The van der Waals surface area contributed by atoms with Crippen molar-refractivity contribution in [2.24, 2.45) is 0 Å². The lowest BCUT2D eigenvalue weighted by Crippen LogP contribution is -2.54. The minimum absolute atomic E-state index is 0.00760. The van der Waals surface area contributed by atoms with Gasteiger partial charge in [0.15, 0.2) is 11.5 Å². The summed E-state index contributed by atoms with van der Waals surface area (Å²) in [6.45, 7) is 2.96. The first-order valence-corrected chi connectivity index (χ1v) is 21.6. The van der Waals surface area contributed by atoms with Crippen molar-refractivity contribution in [2.45, 2.75) is 37.9 Å². The molecule has 3 heterocycles. The van der Waals surface area contributed by atoms with Crippen LogP contribution in [0.3, 0.4) is 0 Å². The molecule has 66 heavy (non-hydrogen) atoms. The number of nitrogens with zero attached hydrogens (tertiary/aromatic N) is 3. The van der Waals surface area contributed by atoms with E-state index in [9.17, 15) is 41.9 Å². The Kier molecular flexibility index (Phi) is 17.4. The van der Waals surface area contributed by atoms with Crippen LogP contribution in [0.1, 0.15) is 62.2 Å². The van der Waals surface area contributed by atoms with Crippen LogP contribution < -0.4 is 14.8 Å². The summed E-state index contributed by atoms with van der Waals surface area (Å²) in [7, 11) is 1.30. The third-order valence-electron chi connectivity index (χ3n) is 10.2. The molecule has 6 amide bonds. The fraction of sp³-hybridized carbons (Fsp3) is 0.400. The fourth-order valence-corrected chi connectivity index (χ4v) is 7.89. The molecule has 3 aliphatic rings. The third kappa shape index (κ3) is 12.6. The first kappa shape index (κ1) is 49.3. The zero-order valence-corrected chi connectivity index (χ0v) is 36.5. The van der Waals surface area contributed by atoms with E-state index in [0.717, 1.165) is 27.6 Å². The van der Waals surface area contributed by atoms with Gasteiger partial charge in [-0.05, 0) is 84.6 Å². The second kappa shape index (κ2) is 23.3. The molecule has 1 unspecified atom stereocenters. The number of ether oxygens (including phenoxy) is 7. The largest absolute Gasteiger partial charge is 0.493 e. The van der Waals surface area contributed by atoms with Gasteiger partial charge in [-0.25, -0.2) is 0 Å². The number of imide groups is 3. The van der Waals surface area contributed by atoms with Crippen LogP contribution in [0.5, 0.6) is 17.2 Å². The van der Waals surface area contributed by atoms with Crippen LogP contribution in [-0.4, -0.2) is 130 Å². The summed E-state index contributed by atoms with van der Waals surface area (Å²) >= 11 is 0.734. The van der Waals surface area contributed by atoms with Gasteiger partial charge in [0.05, 0.1) is 106 Å². The van der Waals surface area contributed by atoms with E-state index in [1.807, 2.05) is 0 Å². The minimum atomic E-state index is -4.78. The van der Waals surface area contributed by atoms with Crippen LogP contribution in [0, 0.1) is 11.3 Å². The smallest absolute Gasteiger partial charge is 0.420 e. The van der Waals surface area contributed by atoms with Gasteiger partial charge in [0.1, 0.15) is 11.8 Å². The molecule has 0 saturated carbocycles. The Balaban J connectivity index is 0.783. The Morgan fingerprint density at radius 2 is 1.44 bits per heavy atom. The monoisotopic (exact) mass is 938 g/mol. The maximum atomic E-state index is 13.6. The number of carbonyl (C=O) groups is 6. The molecule has 2 saturated heterocycles. The van der Waals surface area contributed by atoms with E-state index >= 15 is 0 Å². The highest BCUT2D eigenvalue weighted by Gasteiger charge is 2.45. The summed E-state index contributed by atoms with van der Waals surface area (Å²) in [6, 6.07) is 12.9. The molecule has 1 atom stereocenters. The molecule has 0 radical (unpaired) electrons. The van der Waals surface area contributed by atoms with Crippen LogP contribution in [0.15, 0.2) is 59.5 Å². The van der Waals surface area contributed by atoms with Crippen molar-refractivity contribution >= 4 is 52.6 Å².